The van der Waals surface area contributed by atoms with Crippen LogP contribution in [0, 0.1) is 5.92 Å². The molecule has 1 aliphatic rings. The number of amides is 2. The van der Waals surface area contributed by atoms with Crippen molar-refractivity contribution in [1.29, 1.82) is 0 Å². The standard InChI is InChI=1S/C26H35N3O2/c1-4-29(19(2)3)18-20-12-14-23(15-13-20)25(30)27-17-21-8-7-11-24(16-21)28-26(31)22-9-5-6-10-22/h7-8,11-16,19,22H,4-6,9-10,17-18H2,1-3H3,(H,27,30)(H,28,31). The van der Waals surface area contributed by atoms with Gasteiger partial charge >= 0.3 is 0 Å². The summed E-state index contributed by atoms with van der Waals surface area (Å²) in [5, 5.41) is 6.00. The summed E-state index contributed by atoms with van der Waals surface area (Å²) in [6.45, 7) is 8.86. The summed E-state index contributed by atoms with van der Waals surface area (Å²) >= 11 is 0. The van der Waals surface area contributed by atoms with Crippen molar-refractivity contribution in [3.05, 3.63) is 65.2 Å². The number of hydrogen-bond acceptors (Lipinski definition) is 3. The van der Waals surface area contributed by atoms with E-state index in [-0.39, 0.29) is 17.7 Å². The van der Waals surface area contributed by atoms with E-state index < -0.39 is 0 Å². The molecule has 2 N–H and O–H groups in total. The van der Waals surface area contributed by atoms with E-state index in [0.29, 0.717) is 18.2 Å². The zero-order valence-corrected chi connectivity index (χ0v) is 19.0. The molecule has 166 valence electrons. The molecule has 31 heavy (non-hydrogen) atoms. The molecular formula is C26H35N3O2. The minimum absolute atomic E-state index is 0.0943. The highest BCUT2D eigenvalue weighted by atomic mass is 16.2. The van der Waals surface area contributed by atoms with Gasteiger partial charge in [-0.1, -0.05) is 44.0 Å². The molecule has 5 heteroatoms. The van der Waals surface area contributed by atoms with Crippen LogP contribution in [-0.4, -0.2) is 29.3 Å². The Balaban J connectivity index is 1.52. The SMILES string of the molecule is CCN(Cc1ccc(C(=O)NCc2cccc(NC(=O)C3CCCC3)c2)cc1)C(C)C. The van der Waals surface area contributed by atoms with Gasteiger partial charge in [-0.15, -0.1) is 0 Å². The van der Waals surface area contributed by atoms with Crippen molar-refractivity contribution in [2.75, 3.05) is 11.9 Å². The summed E-state index contributed by atoms with van der Waals surface area (Å²) in [4.78, 5) is 27.3. The Morgan fingerprint density at radius 2 is 1.74 bits per heavy atom. The van der Waals surface area contributed by atoms with Crippen molar-refractivity contribution in [3.63, 3.8) is 0 Å². The van der Waals surface area contributed by atoms with Crippen molar-refractivity contribution in [3.8, 4) is 0 Å². The zero-order chi connectivity index (χ0) is 22.2. The number of carbonyl (C=O) groups excluding carboxylic acids is 2. The molecule has 0 unspecified atom stereocenters. The zero-order valence-electron chi connectivity index (χ0n) is 19.0. The highest BCUT2D eigenvalue weighted by Gasteiger charge is 2.22. The van der Waals surface area contributed by atoms with Crippen LogP contribution in [0.3, 0.4) is 0 Å². The highest BCUT2D eigenvalue weighted by molar-refractivity contribution is 5.94. The molecule has 1 fully saturated rings. The Bertz CT molecular complexity index is 870. The maximum atomic E-state index is 12.6. The molecule has 2 aromatic rings. The van der Waals surface area contributed by atoms with Gasteiger partial charge in [-0.3, -0.25) is 14.5 Å². The summed E-state index contributed by atoms with van der Waals surface area (Å²) in [6, 6.07) is 16.0. The second kappa shape index (κ2) is 11.1. The Labute approximate surface area is 186 Å². The van der Waals surface area contributed by atoms with Crippen molar-refractivity contribution < 1.29 is 9.59 Å². The van der Waals surface area contributed by atoms with E-state index in [2.05, 4.69) is 36.3 Å². The Hall–Kier alpha value is -2.66. The molecule has 0 aromatic heterocycles. The van der Waals surface area contributed by atoms with Crippen molar-refractivity contribution >= 4 is 17.5 Å². The van der Waals surface area contributed by atoms with Crippen LogP contribution in [0.4, 0.5) is 5.69 Å². The quantitative estimate of drug-likeness (QED) is 0.601. The van der Waals surface area contributed by atoms with E-state index in [1.54, 1.807) is 0 Å². The molecule has 2 aromatic carbocycles. The summed E-state index contributed by atoms with van der Waals surface area (Å²) < 4.78 is 0. The van der Waals surface area contributed by atoms with E-state index in [0.717, 1.165) is 50.0 Å². The number of nitrogens with one attached hydrogen (secondary N) is 2. The number of rotatable bonds is 9. The molecule has 0 atom stereocenters. The Morgan fingerprint density at radius 3 is 2.39 bits per heavy atom. The van der Waals surface area contributed by atoms with Gasteiger partial charge in [0.05, 0.1) is 0 Å². The largest absolute Gasteiger partial charge is 0.348 e. The normalized spacial score (nSPS) is 14.2. The molecule has 1 saturated carbocycles. The summed E-state index contributed by atoms with van der Waals surface area (Å²) in [7, 11) is 0. The lowest BCUT2D eigenvalue weighted by atomic mass is 10.1. The summed E-state index contributed by atoms with van der Waals surface area (Å²) in [5.41, 5.74) is 3.61. The van der Waals surface area contributed by atoms with E-state index in [9.17, 15) is 9.59 Å². The maximum Gasteiger partial charge on any atom is 0.251 e. The summed E-state index contributed by atoms with van der Waals surface area (Å²) in [6.07, 6.45) is 4.24. The number of benzene rings is 2. The van der Waals surface area contributed by atoms with Gasteiger partial charge in [0, 0.05) is 36.3 Å². The smallest absolute Gasteiger partial charge is 0.251 e. The van der Waals surface area contributed by atoms with E-state index >= 15 is 0 Å². The third kappa shape index (κ3) is 6.66. The van der Waals surface area contributed by atoms with E-state index in [1.807, 2.05) is 48.5 Å². The van der Waals surface area contributed by atoms with Crippen LogP contribution >= 0.6 is 0 Å². The van der Waals surface area contributed by atoms with Crippen LogP contribution in [-0.2, 0) is 17.9 Å². The fourth-order valence-corrected chi connectivity index (χ4v) is 4.13. The number of anilines is 1. The molecule has 0 saturated heterocycles. The predicted octanol–water partition coefficient (Wildman–Crippen LogP) is 4.98. The van der Waals surface area contributed by atoms with Crippen LogP contribution in [0.5, 0.6) is 0 Å². The minimum atomic E-state index is -0.0943. The highest BCUT2D eigenvalue weighted by Crippen LogP contribution is 2.26. The maximum absolute atomic E-state index is 12.6. The second-order valence-electron chi connectivity index (χ2n) is 8.71. The second-order valence-corrected chi connectivity index (χ2v) is 8.71. The van der Waals surface area contributed by atoms with Crippen LogP contribution in [0.25, 0.3) is 0 Å². The van der Waals surface area contributed by atoms with Gasteiger partial charge in [0.2, 0.25) is 5.91 Å². The van der Waals surface area contributed by atoms with Gasteiger partial charge in [-0.05, 0) is 68.6 Å². The molecule has 0 heterocycles. The lowest BCUT2D eigenvalue weighted by Gasteiger charge is -2.24. The lowest BCUT2D eigenvalue weighted by Crippen LogP contribution is -2.30. The Kier molecular flexibility index (Phi) is 8.24. The van der Waals surface area contributed by atoms with Crippen LogP contribution < -0.4 is 10.6 Å². The number of carbonyl (C=O) groups is 2. The van der Waals surface area contributed by atoms with Gasteiger partial charge in [-0.2, -0.15) is 0 Å². The van der Waals surface area contributed by atoms with Crippen molar-refractivity contribution in [2.45, 2.75) is 65.6 Å². The Morgan fingerprint density at radius 1 is 1.03 bits per heavy atom. The topological polar surface area (TPSA) is 61.4 Å². The van der Waals surface area contributed by atoms with Gasteiger partial charge in [-0.25, -0.2) is 0 Å². The molecular weight excluding hydrogens is 386 g/mol. The van der Waals surface area contributed by atoms with Crippen molar-refractivity contribution in [2.24, 2.45) is 5.92 Å². The first-order valence-electron chi connectivity index (χ1n) is 11.5. The molecule has 1 aliphatic carbocycles. The summed E-state index contributed by atoms with van der Waals surface area (Å²) in [5.74, 6) is 0.150. The first-order valence-corrected chi connectivity index (χ1v) is 11.5. The van der Waals surface area contributed by atoms with Gasteiger partial charge in [0.25, 0.3) is 5.91 Å². The predicted molar refractivity (Wildman–Crippen MR) is 126 cm³/mol. The first kappa shape index (κ1) is 23.0. The third-order valence-electron chi connectivity index (χ3n) is 6.11. The lowest BCUT2D eigenvalue weighted by molar-refractivity contribution is -0.119. The van der Waals surface area contributed by atoms with Crippen LogP contribution in [0.15, 0.2) is 48.5 Å². The van der Waals surface area contributed by atoms with Crippen LogP contribution in [0.1, 0.15) is 67.9 Å². The molecule has 0 aliphatic heterocycles. The first-order chi connectivity index (χ1) is 15.0. The number of hydrogen-bond donors (Lipinski definition) is 2. The molecule has 2 amide bonds. The average molecular weight is 422 g/mol. The van der Waals surface area contributed by atoms with Crippen molar-refractivity contribution in [1.82, 2.24) is 10.2 Å². The fraction of sp³-hybridized carbons (Fsp3) is 0.462. The molecule has 0 spiro atoms. The molecule has 0 radical (unpaired) electrons. The minimum Gasteiger partial charge on any atom is -0.348 e. The molecule has 5 nitrogen and oxygen atoms in total. The molecule has 0 bridgehead atoms. The molecule has 3 rings (SSSR count). The van der Waals surface area contributed by atoms with E-state index in [1.165, 1.54) is 5.56 Å². The van der Waals surface area contributed by atoms with Gasteiger partial charge in [0.1, 0.15) is 0 Å². The van der Waals surface area contributed by atoms with Crippen LogP contribution in [0.2, 0.25) is 0 Å². The van der Waals surface area contributed by atoms with E-state index in [4.69, 9.17) is 0 Å². The third-order valence-corrected chi connectivity index (χ3v) is 6.11. The fourth-order valence-electron chi connectivity index (χ4n) is 4.13. The number of nitrogens with zero attached hydrogens (tertiary/aromatic N) is 1. The monoisotopic (exact) mass is 421 g/mol. The van der Waals surface area contributed by atoms with Gasteiger partial charge in [0.15, 0.2) is 0 Å². The average Bonchev–Trinajstić information content (AvgIpc) is 3.31. The van der Waals surface area contributed by atoms with Gasteiger partial charge < -0.3 is 10.6 Å².